The number of benzene rings is 1. The van der Waals surface area contributed by atoms with E-state index in [0.29, 0.717) is 22.0 Å². The molecule has 0 fully saturated rings. The van der Waals surface area contributed by atoms with Gasteiger partial charge in [-0.15, -0.1) is 0 Å². The van der Waals surface area contributed by atoms with Gasteiger partial charge in [-0.3, -0.25) is 4.99 Å². The van der Waals surface area contributed by atoms with Gasteiger partial charge < -0.3 is 14.8 Å². The molecule has 0 amide bonds. The zero-order valence-electron chi connectivity index (χ0n) is 10.5. The number of carbonyl (C=O) groups excluding carboxylic acids is 1. The first-order valence-corrected chi connectivity index (χ1v) is 6.92. The van der Waals surface area contributed by atoms with Gasteiger partial charge in [0.05, 0.1) is 31.5 Å². The Hall–Kier alpha value is -1.40. The van der Waals surface area contributed by atoms with Crippen LogP contribution in [0.5, 0.6) is 5.75 Å². The largest absolute Gasteiger partial charge is 0.496 e. The third-order valence-corrected chi connectivity index (χ3v) is 3.73. The van der Waals surface area contributed by atoms with Crippen LogP contribution < -0.4 is 10.1 Å². The fourth-order valence-corrected chi connectivity index (χ4v) is 2.57. The van der Waals surface area contributed by atoms with Gasteiger partial charge in [-0.2, -0.15) is 0 Å². The Kier molecular flexibility index (Phi) is 4.55. The molecule has 0 saturated heterocycles. The number of nitrogens with zero attached hydrogens (tertiary/aromatic N) is 1. The molecular formula is C12H13ClN2O3S. The summed E-state index contributed by atoms with van der Waals surface area (Å²) in [5.74, 6) is 0.873. The standard InChI is InChI=1S/C12H13ClN2O3S/c1-17-10-6-9(15-12-14-3-4-19-12)8(13)5-7(10)11(16)18-2/h5-6H,3-4H2,1-2H3,(H,14,15). The predicted octanol–water partition coefficient (Wildman–Crippen LogP) is 2.65. The number of aliphatic imine (C=N–C) groups is 1. The molecule has 1 aromatic carbocycles. The molecule has 0 bridgehead atoms. The highest BCUT2D eigenvalue weighted by Gasteiger charge is 2.17. The number of carbonyl (C=O) groups is 1. The van der Waals surface area contributed by atoms with Crippen LogP contribution in [0.4, 0.5) is 5.69 Å². The van der Waals surface area contributed by atoms with Crippen LogP contribution in [0.2, 0.25) is 5.02 Å². The first-order chi connectivity index (χ1) is 9.15. The van der Waals surface area contributed by atoms with Gasteiger partial charge in [-0.25, -0.2) is 4.79 Å². The Balaban J connectivity index is 2.32. The normalized spacial score (nSPS) is 13.9. The van der Waals surface area contributed by atoms with Crippen molar-refractivity contribution in [2.24, 2.45) is 4.99 Å². The molecule has 1 aromatic rings. The van der Waals surface area contributed by atoms with Gasteiger partial charge >= 0.3 is 5.97 Å². The Labute approximate surface area is 120 Å². The average molecular weight is 301 g/mol. The third-order valence-electron chi connectivity index (χ3n) is 2.52. The van der Waals surface area contributed by atoms with Crippen LogP contribution >= 0.6 is 23.4 Å². The van der Waals surface area contributed by atoms with Gasteiger partial charge in [0.1, 0.15) is 11.3 Å². The Morgan fingerprint density at radius 1 is 1.47 bits per heavy atom. The SMILES string of the molecule is COC(=O)c1cc(Cl)c(NC2=NCCS2)cc1OC. The van der Waals surface area contributed by atoms with Crippen LogP contribution in [0.25, 0.3) is 0 Å². The Bertz CT molecular complexity index is 534. The minimum Gasteiger partial charge on any atom is -0.496 e. The number of nitrogens with one attached hydrogen (secondary N) is 1. The van der Waals surface area contributed by atoms with Crippen LogP contribution in [-0.4, -0.2) is 37.7 Å². The number of methoxy groups -OCH3 is 2. The van der Waals surface area contributed by atoms with Crippen LogP contribution in [0.3, 0.4) is 0 Å². The maximum absolute atomic E-state index is 11.6. The van der Waals surface area contributed by atoms with Gasteiger partial charge in [0, 0.05) is 11.8 Å². The zero-order valence-corrected chi connectivity index (χ0v) is 12.1. The summed E-state index contributed by atoms with van der Waals surface area (Å²) < 4.78 is 9.86. The lowest BCUT2D eigenvalue weighted by atomic mass is 10.2. The zero-order chi connectivity index (χ0) is 13.8. The molecule has 0 unspecified atom stereocenters. The highest BCUT2D eigenvalue weighted by atomic mass is 35.5. The van der Waals surface area contributed by atoms with Crippen molar-refractivity contribution in [3.63, 3.8) is 0 Å². The van der Waals surface area contributed by atoms with E-state index in [2.05, 4.69) is 15.0 Å². The quantitative estimate of drug-likeness (QED) is 0.870. The van der Waals surface area contributed by atoms with Crippen molar-refractivity contribution in [2.45, 2.75) is 0 Å². The van der Waals surface area contributed by atoms with Crippen molar-refractivity contribution < 1.29 is 14.3 Å². The molecule has 0 atom stereocenters. The van der Waals surface area contributed by atoms with Crippen molar-refractivity contribution in [3.05, 3.63) is 22.7 Å². The first kappa shape index (κ1) is 14.0. The van der Waals surface area contributed by atoms with E-state index < -0.39 is 5.97 Å². The second-order valence-corrected chi connectivity index (χ2v) is 5.18. The number of amidine groups is 1. The van der Waals surface area contributed by atoms with E-state index in [9.17, 15) is 4.79 Å². The molecule has 0 radical (unpaired) electrons. The molecule has 0 saturated carbocycles. The van der Waals surface area contributed by atoms with Crippen LogP contribution in [-0.2, 0) is 4.74 Å². The maximum Gasteiger partial charge on any atom is 0.341 e. The molecule has 1 aliphatic heterocycles. The molecule has 1 N–H and O–H groups in total. The summed E-state index contributed by atoms with van der Waals surface area (Å²) in [6, 6.07) is 3.19. The molecule has 1 aliphatic rings. The number of anilines is 1. The van der Waals surface area contributed by atoms with Gasteiger partial charge in [-0.05, 0) is 6.07 Å². The van der Waals surface area contributed by atoms with Crippen LogP contribution in [0.15, 0.2) is 17.1 Å². The highest BCUT2D eigenvalue weighted by Crippen LogP contribution is 2.32. The summed E-state index contributed by atoms with van der Waals surface area (Å²) in [7, 11) is 2.80. The minimum absolute atomic E-state index is 0.293. The predicted molar refractivity (Wildman–Crippen MR) is 77.7 cm³/mol. The van der Waals surface area contributed by atoms with E-state index in [1.807, 2.05) is 0 Å². The van der Waals surface area contributed by atoms with E-state index in [-0.39, 0.29) is 0 Å². The summed E-state index contributed by atoms with van der Waals surface area (Å²) in [6.45, 7) is 0.794. The number of rotatable bonds is 3. The topological polar surface area (TPSA) is 59.9 Å². The summed E-state index contributed by atoms with van der Waals surface area (Å²) >= 11 is 7.77. The summed E-state index contributed by atoms with van der Waals surface area (Å²) in [5, 5.41) is 4.34. The number of halogens is 1. The fraction of sp³-hybridized carbons (Fsp3) is 0.333. The van der Waals surface area contributed by atoms with Gasteiger partial charge in [0.25, 0.3) is 0 Å². The third kappa shape index (κ3) is 3.13. The number of hydrogen-bond donors (Lipinski definition) is 1. The van der Waals surface area contributed by atoms with Gasteiger partial charge in [0.2, 0.25) is 0 Å². The smallest absolute Gasteiger partial charge is 0.341 e. The second kappa shape index (κ2) is 6.16. The first-order valence-electron chi connectivity index (χ1n) is 5.56. The molecule has 1 heterocycles. The number of hydrogen-bond acceptors (Lipinski definition) is 6. The maximum atomic E-state index is 11.6. The van der Waals surface area contributed by atoms with E-state index >= 15 is 0 Å². The molecule has 5 nitrogen and oxygen atoms in total. The lowest BCUT2D eigenvalue weighted by Crippen LogP contribution is -2.08. The number of thioether (sulfide) groups is 1. The van der Waals surface area contributed by atoms with Crippen molar-refractivity contribution >= 4 is 40.2 Å². The van der Waals surface area contributed by atoms with Gasteiger partial charge in [-0.1, -0.05) is 23.4 Å². The molecular weight excluding hydrogens is 288 g/mol. The molecule has 2 rings (SSSR count). The Morgan fingerprint density at radius 2 is 2.26 bits per heavy atom. The summed E-state index contributed by atoms with van der Waals surface area (Å²) in [4.78, 5) is 15.9. The average Bonchev–Trinajstić information content (AvgIpc) is 2.92. The van der Waals surface area contributed by atoms with Crippen LogP contribution in [0, 0.1) is 0 Å². The molecule has 0 aromatic heterocycles. The molecule has 7 heteroatoms. The number of esters is 1. The van der Waals surface area contributed by atoms with Crippen molar-refractivity contribution in [3.8, 4) is 5.75 Å². The fourth-order valence-electron chi connectivity index (χ4n) is 1.61. The highest BCUT2D eigenvalue weighted by molar-refractivity contribution is 8.14. The van der Waals surface area contributed by atoms with E-state index in [0.717, 1.165) is 17.5 Å². The molecule has 19 heavy (non-hydrogen) atoms. The summed E-state index contributed by atoms with van der Waals surface area (Å²) in [6.07, 6.45) is 0. The Morgan fingerprint density at radius 3 is 2.84 bits per heavy atom. The monoisotopic (exact) mass is 300 g/mol. The molecule has 102 valence electrons. The number of ether oxygens (including phenoxy) is 2. The lowest BCUT2D eigenvalue weighted by Gasteiger charge is -2.12. The van der Waals surface area contributed by atoms with Crippen molar-refractivity contribution in [1.82, 2.24) is 0 Å². The van der Waals surface area contributed by atoms with E-state index in [1.165, 1.54) is 20.3 Å². The van der Waals surface area contributed by atoms with E-state index in [4.69, 9.17) is 16.3 Å². The van der Waals surface area contributed by atoms with Crippen molar-refractivity contribution in [2.75, 3.05) is 31.8 Å². The second-order valence-electron chi connectivity index (χ2n) is 3.68. The summed E-state index contributed by atoms with van der Waals surface area (Å²) in [5.41, 5.74) is 0.945. The minimum atomic E-state index is -0.488. The molecule has 0 spiro atoms. The van der Waals surface area contributed by atoms with Gasteiger partial charge in [0.15, 0.2) is 5.17 Å². The van der Waals surface area contributed by atoms with Crippen LogP contribution in [0.1, 0.15) is 10.4 Å². The molecule has 0 aliphatic carbocycles. The lowest BCUT2D eigenvalue weighted by molar-refractivity contribution is 0.0597. The van der Waals surface area contributed by atoms with Crippen molar-refractivity contribution in [1.29, 1.82) is 0 Å². The van der Waals surface area contributed by atoms with E-state index in [1.54, 1.807) is 17.8 Å².